The Morgan fingerprint density at radius 3 is 1.50 bits per heavy atom. The first-order chi connectivity index (χ1) is 1.00. The van der Waals surface area contributed by atoms with Crippen LogP contribution in [0.15, 0.2) is 0 Å². The van der Waals surface area contributed by atoms with E-state index in [4.69, 9.17) is 3.25 Å². The zero-order valence-electron chi connectivity index (χ0n) is 3.12. The van der Waals surface area contributed by atoms with Gasteiger partial charge in [-0.1, -0.05) is 0 Å². The third-order valence-electron chi connectivity index (χ3n) is 0. The van der Waals surface area contributed by atoms with Gasteiger partial charge in [-0.3, -0.25) is 0 Å². The molecule has 0 rings (SSSR count). The number of rotatable bonds is 0. The topological polar surface area (TPSA) is 17.1 Å². The van der Waals surface area contributed by atoms with Gasteiger partial charge >= 0.3 is 82.5 Å². The summed E-state index contributed by atoms with van der Waals surface area (Å²) in [6, 6.07) is 0. The van der Waals surface area contributed by atoms with E-state index < -0.39 is 0 Å². The van der Waals surface area contributed by atoms with Crippen molar-refractivity contribution in [3.05, 3.63) is 0 Å². The van der Waals surface area contributed by atoms with Gasteiger partial charge in [0.25, 0.3) is 0 Å². The molecule has 0 saturated carbocycles. The van der Waals surface area contributed by atoms with E-state index >= 15 is 0 Å². The molecular weight excluding hydrogens is 393 g/mol. The van der Waals surface area contributed by atoms with Crippen LogP contribution >= 0.6 is 0 Å². The Bertz CT molecular complexity index is 11.6. The van der Waals surface area contributed by atoms with Crippen molar-refractivity contribution < 1.29 is 105 Å². The maximum Gasteiger partial charge on any atom is 1.00 e. The molecule has 0 heterocycles. The average Bonchev–Trinajstić information content (AvgIpc) is 1.00. The molecule has 0 bridgehead atoms. The van der Waals surface area contributed by atoms with Crippen LogP contribution in [0, 0.1) is 0 Å². The Labute approximate surface area is 102 Å². The minimum atomic E-state index is 0. The summed E-state index contributed by atoms with van der Waals surface area (Å²) >= 11 is 1.70. The van der Waals surface area contributed by atoms with Crippen molar-refractivity contribution in [2.24, 2.45) is 0 Å². The Kier molecular flexibility index (Phi) is 65.4. The van der Waals surface area contributed by atoms with Crippen LogP contribution in [-0.4, -0.2) is 0 Å². The molecule has 4 heavy (non-hydrogen) atoms. The van der Waals surface area contributed by atoms with Gasteiger partial charge in [0.05, 0.1) is 0 Å². The van der Waals surface area contributed by atoms with Crippen molar-refractivity contribution in [3.8, 4) is 0 Å². The second kappa shape index (κ2) is 16.6. The first-order valence-electron chi connectivity index (χ1n) is 0.123. The largest absolute Gasteiger partial charge is 1.00 e. The SMILES string of the molecule is [H-].[O]=[Ag].[Rb+].[W]. The third kappa shape index (κ3) is 8.90. The summed E-state index contributed by atoms with van der Waals surface area (Å²) in [6.45, 7) is 0. The van der Waals surface area contributed by atoms with Gasteiger partial charge in [-0.15, -0.1) is 0 Å². The van der Waals surface area contributed by atoms with Gasteiger partial charge in [-0.25, -0.2) is 0 Å². The molecule has 0 aromatic heterocycles. The summed E-state index contributed by atoms with van der Waals surface area (Å²) in [5, 5.41) is 0. The van der Waals surface area contributed by atoms with E-state index in [0.717, 1.165) is 0 Å². The molecule has 1 nitrogen and oxygen atoms in total. The molecule has 0 amide bonds. The molecule has 0 atom stereocenters. The van der Waals surface area contributed by atoms with E-state index in [1.165, 1.54) is 0 Å². The summed E-state index contributed by atoms with van der Waals surface area (Å²) in [6.07, 6.45) is 0. The molecule has 0 fully saturated rings. The molecule has 0 radical (unpaired) electrons. The Morgan fingerprint density at radius 2 is 1.50 bits per heavy atom. The summed E-state index contributed by atoms with van der Waals surface area (Å²) in [7, 11) is 0. The summed E-state index contributed by atoms with van der Waals surface area (Å²) < 4.78 is 8.06. The minimum absolute atomic E-state index is 0. The average molecular weight is 394 g/mol. The Balaban J connectivity index is -0.00000000167. The molecule has 4 heteroatoms. The fourth-order valence-electron chi connectivity index (χ4n) is 0. The van der Waals surface area contributed by atoms with Crippen molar-refractivity contribution in [3.63, 3.8) is 0 Å². The van der Waals surface area contributed by atoms with Crippen molar-refractivity contribution in [1.82, 2.24) is 0 Å². The molecule has 0 aromatic rings. The quantitative estimate of drug-likeness (QED) is 0.401. The molecule has 0 N–H and O–H groups in total. The van der Waals surface area contributed by atoms with E-state index in [2.05, 4.69) is 0 Å². The molecule has 25 valence electrons. The second-order valence-electron chi connectivity index (χ2n) is 0. The zero-order valence-corrected chi connectivity index (χ0v) is 11.4. The van der Waals surface area contributed by atoms with E-state index in [-0.39, 0.29) is 80.7 Å². The van der Waals surface area contributed by atoms with E-state index in [9.17, 15) is 0 Å². The van der Waals surface area contributed by atoms with Crippen LogP contribution < -0.4 is 58.2 Å². The van der Waals surface area contributed by atoms with Crippen LogP contribution in [0.5, 0.6) is 0 Å². The van der Waals surface area contributed by atoms with Gasteiger partial charge in [-0.05, 0) is 0 Å². The van der Waals surface area contributed by atoms with Gasteiger partial charge in [0, 0.05) is 21.1 Å². The summed E-state index contributed by atoms with van der Waals surface area (Å²) in [5.41, 5.74) is 0. The first-order valence-corrected chi connectivity index (χ1v) is 0.728. The molecule has 0 aliphatic heterocycles. The maximum absolute atomic E-state index is 8.06. The predicted octanol–water partition coefficient (Wildman–Crippen LogP) is -3.01. The molecule has 0 saturated heterocycles. The van der Waals surface area contributed by atoms with Crippen molar-refractivity contribution in [2.75, 3.05) is 0 Å². The van der Waals surface area contributed by atoms with Crippen molar-refractivity contribution in [1.29, 1.82) is 0 Å². The Hall–Kier alpha value is 3.03. The molecule has 0 unspecified atom stereocenters. The monoisotopic (exact) mass is 393 g/mol. The van der Waals surface area contributed by atoms with Crippen LogP contribution in [-0.2, 0) is 45.4 Å². The summed E-state index contributed by atoms with van der Waals surface area (Å²) in [4.78, 5) is 0. The molecular formula is HAgORbW. The van der Waals surface area contributed by atoms with Crippen LogP contribution in [0.3, 0.4) is 0 Å². The maximum atomic E-state index is 8.06. The first kappa shape index (κ1) is 15.7. The second-order valence-corrected chi connectivity index (χ2v) is 0. The van der Waals surface area contributed by atoms with Gasteiger partial charge in [-0.2, -0.15) is 0 Å². The number of hydrogen-bond acceptors (Lipinski definition) is 1. The predicted molar refractivity (Wildman–Crippen MR) is 1.80 cm³/mol. The molecule has 0 aromatic carbocycles. The normalized spacial score (nSPS) is 1.50. The van der Waals surface area contributed by atoms with Crippen LogP contribution in [0.2, 0.25) is 0 Å². The zero-order chi connectivity index (χ0) is 2.00. The van der Waals surface area contributed by atoms with Gasteiger partial charge in [0.15, 0.2) is 0 Å². The van der Waals surface area contributed by atoms with Crippen LogP contribution in [0.25, 0.3) is 0 Å². The molecule has 0 aliphatic rings. The Morgan fingerprint density at radius 1 is 1.50 bits per heavy atom. The van der Waals surface area contributed by atoms with E-state index in [1.807, 2.05) is 0 Å². The van der Waals surface area contributed by atoms with Gasteiger partial charge in [0.1, 0.15) is 0 Å². The van der Waals surface area contributed by atoms with Gasteiger partial charge in [0.2, 0.25) is 0 Å². The van der Waals surface area contributed by atoms with Crippen LogP contribution in [0.4, 0.5) is 0 Å². The molecule has 0 spiro atoms. The standard InChI is InChI=1S/Ag.O.Rb.W.H/q;;+1;;-1. The third-order valence-corrected chi connectivity index (χ3v) is 0. The fourth-order valence-corrected chi connectivity index (χ4v) is 0. The molecule has 0 aliphatic carbocycles. The van der Waals surface area contributed by atoms with Crippen molar-refractivity contribution >= 4 is 0 Å². The number of hydrogen-bond donors (Lipinski definition) is 0. The van der Waals surface area contributed by atoms with Gasteiger partial charge < -0.3 is 1.43 Å². The van der Waals surface area contributed by atoms with E-state index in [0.29, 0.717) is 0 Å². The summed E-state index contributed by atoms with van der Waals surface area (Å²) in [5.74, 6) is 0. The van der Waals surface area contributed by atoms with E-state index in [1.54, 1.807) is 21.0 Å². The van der Waals surface area contributed by atoms with Crippen LogP contribution in [0.1, 0.15) is 1.43 Å². The minimum Gasteiger partial charge on any atom is 0 e. The smallest absolute Gasteiger partial charge is 0 e. The fraction of sp³-hybridized carbons (Fsp3) is 0. The van der Waals surface area contributed by atoms with Crippen molar-refractivity contribution in [2.45, 2.75) is 0 Å².